The van der Waals surface area contributed by atoms with Gasteiger partial charge in [0.25, 0.3) is 0 Å². The van der Waals surface area contributed by atoms with Gasteiger partial charge in [-0.1, -0.05) is 5.22 Å². The van der Waals surface area contributed by atoms with Crippen molar-refractivity contribution < 1.29 is 0 Å². The molecule has 0 saturated heterocycles. The van der Waals surface area contributed by atoms with Crippen molar-refractivity contribution in [3.05, 3.63) is 11.9 Å². The average molecular weight is 113 g/mol. The Morgan fingerprint density at radius 2 is 2.50 bits per heavy atom. The van der Waals surface area contributed by atoms with Crippen molar-refractivity contribution in [3.8, 4) is 0 Å². The molecule has 1 rings (SSSR count). The topological polar surface area (TPSA) is 88.8 Å². The molecule has 0 radical (unpaired) electrons. The first-order valence-electron chi connectivity index (χ1n) is 2.18. The third-order valence-corrected chi connectivity index (χ3v) is 0.720. The highest BCUT2D eigenvalue weighted by atomic mass is 15.5. The lowest BCUT2D eigenvalue weighted by molar-refractivity contribution is 0.654. The molecule has 0 aromatic heterocycles. The van der Waals surface area contributed by atoms with Crippen LogP contribution >= 0.6 is 0 Å². The van der Waals surface area contributed by atoms with Crippen LogP contribution in [0.15, 0.2) is 22.2 Å². The zero-order chi connectivity index (χ0) is 5.98. The van der Waals surface area contributed by atoms with E-state index < -0.39 is 0 Å². The van der Waals surface area contributed by atoms with Crippen LogP contribution in [0.25, 0.3) is 0 Å². The van der Waals surface area contributed by atoms with Gasteiger partial charge in [0.05, 0.1) is 0 Å². The Bertz CT molecular complexity index is 137. The summed E-state index contributed by atoms with van der Waals surface area (Å²) in [5.41, 5.74) is 12.9. The number of hydrogen-bond acceptors (Lipinski definition) is 5. The van der Waals surface area contributed by atoms with Gasteiger partial charge in [-0.05, 0) is 6.08 Å². The Hall–Kier alpha value is -1.10. The van der Waals surface area contributed by atoms with E-state index in [1.54, 1.807) is 6.08 Å². The lowest BCUT2D eigenvalue weighted by Gasteiger charge is -2.06. The Kier molecular flexibility index (Phi) is 1.13. The molecule has 1 unspecified atom stereocenters. The van der Waals surface area contributed by atoms with Gasteiger partial charge in [-0.15, -0.1) is 5.11 Å². The van der Waals surface area contributed by atoms with Gasteiger partial charge in [0.15, 0.2) is 0 Å². The smallest absolute Gasteiger partial charge is 0.143 e. The van der Waals surface area contributed by atoms with Crippen molar-refractivity contribution in [2.24, 2.45) is 21.8 Å². The Balaban J connectivity index is 2.60. The van der Waals surface area contributed by atoms with Crippen molar-refractivity contribution in [2.75, 3.05) is 0 Å². The van der Waals surface area contributed by atoms with Crippen LogP contribution in [-0.2, 0) is 0 Å². The van der Waals surface area contributed by atoms with Gasteiger partial charge in [0.1, 0.15) is 12.0 Å². The summed E-state index contributed by atoms with van der Waals surface area (Å²) < 4.78 is 0. The van der Waals surface area contributed by atoms with E-state index in [2.05, 4.69) is 15.8 Å². The molecule has 0 saturated carbocycles. The third kappa shape index (κ3) is 0.941. The molecule has 1 aliphatic rings. The Morgan fingerprint density at radius 3 is 2.88 bits per heavy atom. The van der Waals surface area contributed by atoms with Crippen molar-refractivity contribution in [1.82, 2.24) is 5.43 Å². The summed E-state index contributed by atoms with van der Waals surface area (Å²) in [5, 5.41) is 6.91. The largest absolute Gasteiger partial charge is 0.384 e. The second-order valence-electron chi connectivity index (χ2n) is 1.44. The van der Waals surface area contributed by atoms with E-state index in [1.807, 2.05) is 0 Å². The Morgan fingerprint density at radius 1 is 1.75 bits per heavy atom. The van der Waals surface area contributed by atoms with E-state index in [9.17, 15) is 0 Å². The fourth-order valence-corrected chi connectivity index (χ4v) is 0.408. The molecule has 0 spiro atoms. The van der Waals surface area contributed by atoms with Gasteiger partial charge < -0.3 is 11.5 Å². The molecule has 5 nitrogen and oxygen atoms in total. The molecule has 5 heteroatoms. The summed E-state index contributed by atoms with van der Waals surface area (Å²) in [6.07, 6.45) is 1.20. The Labute approximate surface area is 46.4 Å². The molecule has 1 aliphatic heterocycles. The molecule has 44 valence electrons. The van der Waals surface area contributed by atoms with Crippen molar-refractivity contribution in [2.45, 2.75) is 6.17 Å². The van der Waals surface area contributed by atoms with E-state index in [0.717, 1.165) is 0 Å². The molecule has 0 amide bonds. The van der Waals surface area contributed by atoms with Crippen molar-refractivity contribution >= 4 is 0 Å². The number of hydrogen-bond donors (Lipinski definition) is 3. The minimum atomic E-state index is -0.378. The number of nitrogens with zero attached hydrogens (tertiary/aromatic N) is 2. The summed E-state index contributed by atoms with van der Waals surface area (Å²) in [4.78, 5) is 0. The molecule has 0 bridgehead atoms. The normalized spacial score (nSPS) is 26.6. The first-order valence-corrected chi connectivity index (χ1v) is 2.18. The van der Waals surface area contributed by atoms with Gasteiger partial charge in [0, 0.05) is 0 Å². The first-order chi connectivity index (χ1) is 3.79. The zero-order valence-electron chi connectivity index (χ0n) is 4.20. The molecule has 0 fully saturated rings. The maximum absolute atomic E-state index is 5.27. The fraction of sp³-hybridized carbons (Fsp3) is 0.333. The van der Waals surface area contributed by atoms with Crippen LogP contribution in [-0.4, -0.2) is 6.17 Å². The molecular formula is C3H7N5. The highest BCUT2D eigenvalue weighted by molar-refractivity contribution is 4.99. The van der Waals surface area contributed by atoms with Gasteiger partial charge >= 0.3 is 0 Å². The predicted molar refractivity (Wildman–Crippen MR) is 28.2 cm³/mol. The van der Waals surface area contributed by atoms with Crippen LogP contribution in [0, 0.1) is 0 Å². The van der Waals surface area contributed by atoms with Crippen LogP contribution in [0.3, 0.4) is 0 Å². The lowest BCUT2D eigenvalue weighted by Crippen LogP contribution is -2.25. The lowest BCUT2D eigenvalue weighted by atomic mass is 10.5. The van der Waals surface area contributed by atoms with Crippen LogP contribution in [0.5, 0.6) is 0 Å². The maximum Gasteiger partial charge on any atom is 0.143 e. The van der Waals surface area contributed by atoms with Crippen LogP contribution in [0.4, 0.5) is 0 Å². The summed E-state index contributed by atoms with van der Waals surface area (Å²) in [7, 11) is 0. The molecule has 1 heterocycles. The van der Waals surface area contributed by atoms with Gasteiger partial charge in [-0.3, -0.25) is 0 Å². The summed E-state index contributed by atoms with van der Waals surface area (Å²) in [6.45, 7) is 0. The second-order valence-corrected chi connectivity index (χ2v) is 1.44. The first kappa shape index (κ1) is 5.04. The molecule has 1 atom stereocenters. The van der Waals surface area contributed by atoms with Crippen molar-refractivity contribution in [3.63, 3.8) is 0 Å². The van der Waals surface area contributed by atoms with E-state index >= 15 is 0 Å². The number of nitrogens with two attached hydrogens (primary N) is 2. The summed E-state index contributed by atoms with van der Waals surface area (Å²) >= 11 is 0. The highest BCUT2D eigenvalue weighted by Crippen LogP contribution is 1.92. The summed E-state index contributed by atoms with van der Waals surface area (Å²) in [5.74, 6) is 0.451. The molecule has 5 N–H and O–H groups in total. The van der Waals surface area contributed by atoms with Crippen LogP contribution in [0.1, 0.15) is 0 Å². The van der Waals surface area contributed by atoms with Crippen LogP contribution in [0.2, 0.25) is 0 Å². The maximum atomic E-state index is 5.27. The molecular weight excluding hydrogens is 106 g/mol. The number of rotatable bonds is 0. The SMILES string of the molecule is NC1=CC(N)N=NN1. The molecule has 0 aromatic rings. The van der Waals surface area contributed by atoms with E-state index in [1.165, 1.54) is 0 Å². The van der Waals surface area contributed by atoms with Crippen LogP contribution < -0.4 is 16.9 Å². The second kappa shape index (κ2) is 1.79. The van der Waals surface area contributed by atoms with Gasteiger partial charge in [-0.25, -0.2) is 5.43 Å². The zero-order valence-corrected chi connectivity index (χ0v) is 4.20. The molecule has 0 aliphatic carbocycles. The monoisotopic (exact) mass is 113 g/mol. The quantitative estimate of drug-likeness (QED) is 0.378. The van der Waals surface area contributed by atoms with E-state index in [-0.39, 0.29) is 6.17 Å². The van der Waals surface area contributed by atoms with E-state index in [4.69, 9.17) is 11.5 Å². The number of nitrogens with one attached hydrogen (secondary N) is 1. The predicted octanol–water partition coefficient (Wildman–Crippen LogP) is -0.958. The molecule has 0 aromatic carbocycles. The van der Waals surface area contributed by atoms with Gasteiger partial charge in [0.2, 0.25) is 0 Å². The minimum absolute atomic E-state index is 0.378. The standard InChI is InChI=1S/C3H7N5/c4-2-1-3(5)7-8-6-2/h1-2H,4-5H2,(H,6,7). The van der Waals surface area contributed by atoms with Crippen molar-refractivity contribution in [1.29, 1.82) is 0 Å². The highest BCUT2D eigenvalue weighted by Gasteiger charge is 1.99. The minimum Gasteiger partial charge on any atom is -0.384 e. The van der Waals surface area contributed by atoms with E-state index in [0.29, 0.717) is 5.82 Å². The average Bonchev–Trinajstić information content (AvgIpc) is 1.64. The summed E-state index contributed by atoms with van der Waals surface area (Å²) in [6, 6.07) is 0. The fourth-order valence-electron chi connectivity index (χ4n) is 0.408. The van der Waals surface area contributed by atoms with Gasteiger partial charge in [-0.2, -0.15) is 0 Å². The third-order valence-electron chi connectivity index (χ3n) is 0.720. The molecule has 8 heavy (non-hydrogen) atoms.